The molecule has 2 fully saturated rings. The van der Waals surface area contributed by atoms with Crippen molar-refractivity contribution >= 4 is 21.6 Å². The van der Waals surface area contributed by atoms with Crippen molar-refractivity contribution in [3.05, 3.63) is 34.6 Å². The first-order chi connectivity index (χ1) is 12.3. The molecule has 0 N–H and O–H groups in total. The highest BCUT2D eigenvalue weighted by Gasteiger charge is 2.30. The summed E-state index contributed by atoms with van der Waals surface area (Å²) in [6.45, 7) is 6.72. The molecular weight excluding hydrogens is 375 g/mol. The van der Waals surface area contributed by atoms with E-state index in [9.17, 15) is 12.8 Å². The Bertz CT molecular complexity index is 700. The molecule has 1 atom stereocenters. The van der Waals surface area contributed by atoms with Gasteiger partial charge in [0.15, 0.2) is 0 Å². The smallest absolute Gasteiger partial charge is 0.218 e. The van der Waals surface area contributed by atoms with Crippen molar-refractivity contribution in [2.24, 2.45) is 11.8 Å². The van der Waals surface area contributed by atoms with Crippen LogP contribution in [0.3, 0.4) is 0 Å². The summed E-state index contributed by atoms with van der Waals surface area (Å²) in [5.41, 5.74) is 0.0681. The molecule has 4 nitrogen and oxygen atoms in total. The predicted molar refractivity (Wildman–Crippen MR) is 103 cm³/mol. The second-order valence-corrected chi connectivity index (χ2v) is 10.2. The summed E-state index contributed by atoms with van der Waals surface area (Å²) < 4.78 is 40.8. The van der Waals surface area contributed by atoms with Crippen molar-refractivity contribution in [1.29, 1.82) is 0 Å². The Morgan fingerprint density at radius 1 is 1.19 bits per heavy atom. The topological polar surface area (TPSA) is 40.6 Å². The van der Waals surface area contributed by atoms with Gasteiger partial charge >= 0.3 is 0 Å². The van der Waals surface area contributed by atoms with Crippen LogP contribution >= 0.6 is 11.6 Å². The zero-order chi connectivity index (χ0) is 18.7. The first-order valence-corrected chi connectivity index (χ1v) is 11.5. The Morgan fingerprint density at radius 3 is 2.58 bits per heavy atom. The summed E-state index contributed by atoms with van der Waals surface area (Å²) >= 11 is 5.99. The van der Waals surface area contributed by atoms with Crippen LogP contribution < -0.4 is 0 Å². The van der Waals surface area contributed by atoms with E-state index in [1.165, 1.54) is 35.3 Å². The molecule has 0 radical (unpaired) electrons. The lowest BCUT2D eigenvalue weighted by atomic mass is 9.94. The third-order valence-electron chi connectivity index (χ3n) is 5.61. The summed E-state index contributed by atoms with van der Waals surface area (Å²) in [6.07, 6.45) is 4.31. The summed E-state index contributed by atoms with van der Waals surface area (Å²) in [5, 5.41) is 0.169. The van der Waals surface area contributed by atoms with E-state index in [4.69, 9.17) is 11.6 Å². The molecule has 2 heterocycles. The first kappa shape index (κ1) is 20.1. The molecule has 7 heteroatoms. The molecule has 1 unspecified atom stereocenters. The number of piperidine rings is 2. The largest absolute Gasteiger partial charge is 0.303 e. The molecule has 2 aliphatic heterocycles. The Morgan fingerprint density at radius 2 is 1.92 bits per heavy atom. The fourth-order valence-electron chi connectivity index (χ4n) is 4.13. The fourth-order valence-corrected chi connectivity index (χ4v) is 6.05. The van der Waals surface area contributed by atoms with E-state index in [2.05, 4.69) is 11.8 Å². The normalized spacial score (nSPS) is 24.0. The van der Waals surface area contributed by atoms with Gasteiger partial charge in [-0.25, -0.2) is 17.1 Å². The van der Waals surface area contributed by atoms with Crippen LogP contribution in [0.5, 0.6) is 0 Å². The van der Waals surface area contributed by atoms with E-state index < -0.39 is 15.8 Å². The molecule has 1 aromatic carbocycles. The summed E-state index contributed by atoms with van der Waals surface area (Å²) in [6, 6.07) is 4.27. The minimum Gasteiger partial charge on any atom is -0.303 e. The van der Waals surface area contributed by atoms with Crippen LogP contribution in [0.25, 0.3) is 0 Å². The van der Waals surface area contributed by atoms with Crippen LogP contribution in [0.15, 0.2) is 18.2 Å². The van der Waals surface area contributed by atoms with Crippen molar-refractivity contribution in [3.8, 4) is 0 Å². The Kier molecular flexibility index (Phi) is 6.59. The molecule has 146 valence electrons. The van der Waals surface area contributed by atoms with Crippen LogP contribution in [0.1, 0.15) is 38.2 Å². The lowest BCUT2D eigenvalue weighted by Crippen LogP contribution is -2.43. The number of likely N-dealkylation sites (tertiary alicyclic amines) is 1. The molecule has 3 rings (SSSR count). The second-order valence-electron chi connectivity index (χ2n) is 7.81. The van der Waals surface area contributed by atoms with E-state index in [1.54, 1.807) is 0 Å². The SMILES string of the molecule is CC1CCCN(CC2CCN(S(=O)(=O)Cc3c(F)cccc3Cl)CC2)C1. The number of sulfonamides is 1. The number of halogens is 2. The van der Waals surface area contributed by atoms with Gasteiger partial charge in [0, 0.05) is 36.8 Å². The number of hydrogen-bond donors (Lipinski definition) is 0. The molecule has 0 amide bonds. The summed E-state index contributed by atoms with van der Waals surface area (Å²) in [7, 11) is -3.55. The number of rotatable bonds is 5. The van der Waals surface area contributed by atoms with Gasteiger partial charge in [-0.05, 0) is 56.2 Å². The van der Waals surface area contributed by atoms with Crippen LogP contribution in [-0.4, -0.2) is 50.3 Å². The third kappa shape index (κ3) is 4.97. The lowest BCUT2D eigenvalue weighted by Gasteiger charge is -2.37. The van der Waals surface area contributed by atoms with Crippen molar-refractivity contribution in [1.82, 2.24) is 9.21 Å². The quantitative estimate of drug-likeness (QED) is 0.753. The summed E-state index contributed by atoms with van der Waals surface area (Å²) in [5.74, 6) is 0.376. The monoisotopic (exact) mass is 402 g/mol. The molecule has 0 aliphatic carbocycles. The van der Waals surface area contributed by atoms with Crippen LogP contribution in [0, 0.1) is 17.7 Å². The zero-order valence-electron chi connectivity index (χ0n) is 15.3. The van der Waals surface area contributed by atoms with Gasteiger partial charge in [-0.1, -0.05) is 24.6 Å². The van der Waals surface area contributed by atoms with Gasteiger partial charge < -0.3 is 4.90 Å². The van der Waals surface area contributed by atoms with E-state index in [0.717, 1.165) is 38.4 Å². The maximum atomic E-state index is 13.9. The molecule has 0 aromatic heterocycles. The van der Waals surface area contributed by atoms with Crippen LogP contribution in [0.2, 0.25) is 5.02 Å². The highest BCUT2D eigenvalue weighted by molar-refractivity contribution is 7.88. The van der Waals surface area contributed by atoms with Crippen molar-refractivity contribution in [3.63, 3.8) is 0 Å². The maximum absolute atomic E-state index is 13.9. The van der Waals surface area contributed by atoms with Gasteiger partial charge in [0.2, 0.25) is 10.0 Å². The molecule has 26 heavy (non-hydrogen) atoms. The van der Waals surface area contributed by atoms with Crippen molar-refractivity contribution in [2.45, 2.75) is 38.4 Å². The zero-order valence-corrected chi connectivity index (χ0v) is 16.9. The van der Waals surface area contributed by atoms with Gasteiger partial charge in [-0.3, -0.25) is 0 Å². The Balaban J connectivity index is 1.55. The lowest BCUT2D eigenvalue weighted by molar-refractivity contribution is 0.136. The van der Waals surface area contributed by atoms with Gasteiger partial charge in [0.05, 0.1) is 5.75 Å². The predicted octanol–water partition coefficient (Wildman–Crippen LogP) is 3.75. The van der Waals surface area contributed by atoms with E-state index in [-0.39, 0.29) is 16.3 Å². The third-order valence-corrected chi connectivity index (χ3v) is 7.77. The van der Waals surface area contributed by atoms with Crippen molar-refractivity contribution < 1.29 is 12.8 Å². The van der Waals surface area contributed by atoms with Crippen LogP contribution in [-0.2, 0) is 15.8 Å². The average molecular weight is 403 g/mol. The van der Waals surface area contributed by atoms with Gasteiger partial charge in [0.25, 0.3) is 0 Å². The number of nitrogens with zero attached hydrogens (tertiary/aromatic N) is 2. The van der Waals surface area contributed by atoms with E-state index >= 15 is 0 Å². The average Bonchev–Trinajstić information content (AvgIpc) is 2.59. The van der Waals surface area contributed by atoms with Gasteiger partial charge in [-0.2, -0.15) is 0 Å². The van der Waals surface area contributed by atoms with Gasteiger partial charge in [-0.15, -0.1) is 0 Å². The van der Waals surface area contributed by atoms with Gasteiger partial charge in [0.1, 0.15) is 5.82 Å². The number of benzene rings is 1. The fraction of sp³-hybridized carbons (Fsp3) is 0.684. The maximum Gasteiger partial charge on any atom is 0.218 e. The molecule has 0 bridgehead atoms. The summed E-state index contributed by atoms with van der Waals surface area (Å²) in [4.78, 5) is 2.53. The highest BCUT2D eigenvalue weighted by Crippen LogP contribution is 2.27. The Labute approximate surface area is 161 Å². The second kappa shape index (κ2) is 8.55. The number of hydrogen-bond acceptors (Lipinski definition) is 3. The standard InChI is InChI=1S/C19H28ClFN2O2S/c1-15-4-3-9-22(12-15)13-16-7-10-23(11-8-16)26(24,25)14-17-18(20)5-2-6-19(17)21/h2,5-6,15-16H,3-4,7-14H2,1H3. The highest BCUT2D eigenvalue weighted by atomic mass is 35.5. The van der Waals surface area contributed by atoms with E-state index in [0.29, 0.717) is 19.0 Å². The molecular formula is C19H28ClFN2O2S. The minimum atomic E-state index is -3.55. The van der Waals surface area contributed by atoms with Crippen LogP contribution in [0.4, 0.5) is 4.39 Å². The molecule has 2 aliphatic rings. The molecule has 1 aromatic rings. The Hall–Kier alpha value is -0.690. The molecule has 2 saturated heterocycles. The minimum absolute atomic E-state index is 0.0681. The van der Waals surface area contributed by atoms with E-state index in [1.807, 2.05) is 0 Å². The molecule has 0 spiro atoms. The first-order valence-electron chi connectivity index (χ1n) is 9.48. The van der Waals surface area contributed by atoms with Crippen molar-refractivity contribution in [2.75, 3.05) is 32.7 Å². The molecule has 0 saturated carbocycles.